The second-order valence-corrected chi connectivity index (χ2v) is 4.01. The number of aromatic nitrogens is 3. The molecule has 0 radical (unpaired) electrons. The summed E-state index contributed by atoms with van der Waals surface area (Å²) in [6.07, 6.45) is 1.11. The minimum atomic E-state index is 0.436. The molecule has 84 valence electrons. The fraction of sp³-hybridized carbons (Fsp3) is 0.455. The lowest BCUT2D eigenvalue weighted by molar-refractivity contribution is 0.388. The zero-order valence-electron chi connectivity index (χ0n) is 9.18. The lowest BCUT2D eigenvalue weighted by Crippen LogP contribution is -2.10. The van der Waals surface area contributed by atoms with Crippen LogP contribution in [0.25, 0.3) is 5.65 Å². The van der Waals surface area contributed by atoms with Gasteiger partial charge in [0.2, 0.25) is 5.88 Å². The minimum absolute atomic E-state index is 0.436. The monoisotopic (exact) mass is 218 g/mol. The van der Waals surface area contributed by atoms with E-state index in [9.17, 15) is 0 Å². The first-order chi connectivity index (χ1) is 7.90. The molecule has 1 N–H and O–H groups in total. The number of rotatable bonds is 2. The summed E-state index contributed by atoms with van der Waals surface area (Å²) in [6.45, 7) is 2.02. The second kappa shape index (κ2) is 3.75. The van der Waals surface area contributed by atoms with Crippen molar-refractivity contribution < 1.29 is 4.74 Å². The number of nitrogens with zero attached hydrogens (tertiary/aromatic N) is 3. The van der Waals surface area contributed by atoms with E-state index in [-0.39, 0.29) is 0 Å². The van der Waals surface area contributed by atoms with Crippen LogP contribution in [-0.4, -0.2) is 34.8 Å². The Hall–Kier alpha value is -1.62. The van der Waals surface area contributed by atoms with Gasteiger partial charge in [0.25, 0.3) is 0 Å². The normalized spacial score (nSPS) is 20.4. The van der Waals surface area contributed by atoms with Gasteiger partial charge in [-0.15, -0.1) is 10.2 Å². The molecule has 3 heterocycles. The molecular weight excluding hydrogens is 204 g/mol. The van der Waals surface area contributed by atoms with Crippen molar-refractivity contribution in [1.29, 1.82) is 0 Å². The summed E-state index contributed by atoms with van der Waals surface area (Å²) in [4.78, 5) is 0. The Kier molecular flexibility index (Phi) is 2.25. The molecule has 1 aliphatic heterocycles. The molecule has 1 atom stereocenters. The van der Waals surface area contributed by atoms with Crippen molar-refractivity contribution in [3.05, 3.63) is 24.0 Å². The second-order valence-electron chi connectivity index (χ2n) is 4.01. The highest BCUT2D eigenvalue weighted by molar-refractivity contribution is 5.42. The Labute approximate surface area is 93.4 Å². The smallest absolute Gasteiger partial charge is 0.200 e. The summed E-state index contributed by atoms with van der Waals surface area (Å²) in [5, 5.41) is 11.8. The Balaban J connectivity index is 2.16. The van der Waals surface area contributed by atoms with Crippen LogP contribution in [0.3, 0.4) is 0 Å². The molecule has 2 aromatic rings. The van der Waals surface area contributed by atoms with E-state index in [2.05, 4.69) is 15.5 Å². The lowest BCUT2D eigenvalue weighted by Gasteiger charge is -2.09. The van der Waals surface area contributed by atoms with Crippen LogP contribution in [0.2, 0.25) is 0 Å². The van der Waals surface area contributed by atoms with Crippen LogP contribution >= 0.6 is 0 Å². The van der Waals surface area contributed by atoms with E-state index >= 15 is 0 Å². The van der Waals surface area contributed by atoms with Gasteiger partial charge in [0.1, 0.15) is 5.82 Å². The van der Waals surface area contributed by atoms with Gasteiger partial charge >= 0.3 is 0 Å². The molecule has 0 saturated carbocycles. The van der Waals surface area contributed by atoms with E-state index in [1.807, 2.05) is 22.6 Å². The summed E-state index contributed by atoms with van der Waals surface area (Å²) in [5.41, 5.74) is 0.848. The minimum Gasteiger partial charge on any atom is -0.482 e. The highest BCUT2D eigenvalue weighted by Gasteiger charge is 2.23. The molecule has 5 nitrogen and oxygen atoms in total. The predicted octanol–water partition coefficient (Wildman–Crippen LogP) is 0.815. The fourth-order valence-corrected chi connectivity index (χ4v) is 2.23. The van der Waals surface area contributed by atoms with Crippen molar-refractivity contribution in [2.24, 2.45) is 0 Å². The van der Waals surface area contributed by atoms with Crippen LogP contribution in [0.5, 0.6) is 5.88 Å². The van der Waals surface area contributed by atoms with Crippen LogP contribution in [0.15, 0.2) is 18.2 Å². The number of pyridine rings is 1. The van der Waals surface area contributed by atoms with E-state index in [1.165, 1.54) is 0 Å². The lowest BCUT2D eigenvalue weighted by atomic mass is 10.1. The Morgan fingerprint density at radius 1 is 1.44 bits per heavy atom. The molecule has 5 heteroatoms. The molecule has 1 fully saturated rings. The summed E-state index contributed by atoms with van der Waals surface area (Å²) < 4.78 is 7.35. The van der Waals surface area contributed by atoms with E-state index in [0.29, 0.717) is 5.92 Å². The van der Waals surface area contributed by atoms with Crippen molar-refractivity contribution >= 4 is 5.65 Å². The van der Waals surface area contributed by atoms with Crippen LogP contribution in [0.4, 0.5) is 0 Å². The maximum Gasteiger partial charge on any atom is 0.200 e. The third kappa shape index (κ3) is 1.36. The van der Waals surface area contributed by atoms with E-state index < -0.39 is 0 Å². The van der Waals surface area contributed by atoms with Crippen LogP contribution < -0.4 is 10.1 Å². The molecule has 1 saturated heterocycles. The number of hydrogen-bond donors (Lipinski definition) is 1. The molecule has 1 aliphatic rings. The average Bonchev–Trinajstić information content (AvgIpc) is 2.96. The van der Waals surface area contributed by atoms with Gasteiger partial charge in [0.05, 0.1) is 7.11 Å². The molecule has 1 unspecified atom stereocenters. The van der Waals surface area contributed by atoms with Crippen molar-refractivity contribution in [2.75, 3.05) is 20.2 Å². The van der Waals surface area contributed by atoms with Crippen LogP contribution in [0, 0.1) is 0 Å². The number of ether oxygens (including phenoxy) is 1. The zero-order valence-corrected chi connectivity index (χ0v) is 9.18. The molecule has 0 aromatic carbocycles. The van der Waals surface area contributed by atoms with Gasteiger partial charge in [-0.3, -0.25) is 0 Å². The molecule has 2 aromatic heterocycles. The largest absolute Gasteiger partial charge is 0.482 e. The number of hydrogen-bond acceptors (Lipinski definition) is 4. The van der Waals surface area contributed by atoms with E-state index in [4.69, 9.17) is 4.74 Å². The topological polar surface area (TPSA) is 51.5 Å². The van der Waals surface area contributed by atoms with Crippen molar-refractivity contribution in [3.8, 4) is 5.88 Å². The average molecular weight is 218 g/mol. The van der Waals surface area contributed by atoms with Gasteiger partial charge < -0.3 is 10.1 Å². The molecule has 3 rings (SSSR count). The van der Waals surface area contributed by atoms with Gasteiger partial charge in [-0.05, 0) is 25.1 Å². The third-order valence-corrected chi connectivity index (χ3v) is 3.05. The first kappa shape index (κ1) is 9.59. The fourth-order valence-electron chi connectivity index (χ4n) is 2.23. The maximum atomic E-state index is 5.35. The van der Waals surface area contributed by atoms with Crippen molar-refractivity contribution in [2.45, 2.75) is 12.3 Å². The molecular formula is C11H14N4O. The first-order valence-electron chi connectivity index (χ1n) is 5.49. The van der Waals surface area contributed by atoms with Gasteiger partial charge in [0.15, 0.2) is 5.65 Å². The van der Waals surface area contributed by atoms with Crippen LogP contribution in [-0.2, 0) is 0 Å². The highest BCUT2D eigenvalue weighted by Crippen LogP contribution is 2.24. The van der Waals surface area contributed by atoms with E-state index in [0.717, 1.165) is 36.9 Å². The highest BCUT2D eigenvalue weighted by atomic mass is 16.5. The summed E-state index contributed by atoms with van der Waals surface area (Å²) in [6, 6.07) is 5.81. The van der Waals surface area contributed by atoms with Crippen molar-refractivity contribution in [3.63, 3.8) is 0 Å². The number of nitrogens with one attached hydrogen (secondary N) is 1. The van der Waals surface area contributed by atoms with Gasteiger partial charge in [-0.1, -0.05) is 6.07 Å². The van der Waals surface area contributed by atoms with Crippen LogP contribution in [0.1, 0.15) is 18.2 Å². The zero-order chi connectivity index (χ0) is 11.0. The molecule has 0 amide bonds. The standard InChI is InChI=1S/C11H14N4O/c1-16-10-4-2-3-9-13-14-11(15(9)10)8-5-6-12-7-8/h2-4,8,12H,5-7H2,1H3. The van der Waals surface area contributed by atoms with Gasteiger partial charge in [-0.2, -0.15) is 0 Å². The SMILES string of the molecule is COc1cccc2nnc(C3CCNC3)n12. The molecule has 0 spiro atoms. The Morgan fingerprint density at radius 3 is 3.12 bits per heavy atom. The quantitative estimate of drug-likeness (QED) is 0.810. The number of fused-ring (bicyclic) bond motifs is 1. The molecule has 0 aliphatic carbocycles. The molecule has 16 heavy (non-hydrogen) atoms. The first-order valence-corrected chi connectivity index (χ1v) is 5.49. The Morgan fingerprint density at radius 2 is 2.38 bits per heavy atom. The van der Waals surface area contributed by atoms with Gasteiger partial charge in [0, 0.05) is 12.5 Å². The van der Waals surface area contributed by atoms with Crippen molar-refractivity contribution in [1.82, 2.24) is 19.9 Å². The molecule has 0 bridgehead atoms. The number of methoxy groups -OCH3 is 1. The summed E-state index contributed by atoms with van der Waals surface area (Å²) >= 11 is 0. The third-order valence-electron chi connectivity index (χ3n) is 3.05. The summed E-state index contributed by atoms with van der Waals surface area (Å²) in [7, 11) is 1.67. The Bertz CT molecular complexity index is 502. The van der Waals surface area contributed by atoms with E-state index in [1.54, 1.807) is 7.11 Å². The predicted molar refractivity (Wildman–Crippen MR) is 59.8 cm³/mol. The summed E-state index contributed by atoms with van der Waals surface area (Å²) in [5.74, 6) is 2.23. The maximum absolute atomic E-state index is 5.35. The van der Waals surface area contributed by atoms with Gasteiger partial charge in [-0.25, -0.2) is 4.40 Å².